The van der Waals surface area contributed by atoms with E-state index in [4.69, 9.17) is 5.73 Å². The number of fused-ring (bicyclic) bond motifs is 1. The first-order valence-electron chi connectivity index (χ1n) is 7.40. The van der Waals surface area contributed by atoms with Crippen LogP contribution in [0.4, 0.5) is 0 Å². The van der Waals surface area contributed by atoms with Crippen LogP contribution in [0.5, 0.6) is 5.75 Å². The molecule has 0 saturated carbocycles. The third-order valence-electron chi connectivity index (χ3n) is 4.37. The molecule has 4 heteroatoms. The van der Waals surface area contributed by atoms with Gasteiger partial charge in [-0.05, 0) is 36.8 Å². The molecule has 0 bridgehead atoms. The first-order valence-corrected chi connectivity index (χ1v) is 7.40. The number of rotatable bonds is 2. The molecule has 4 nitrogen and oxygen atoms in total. The van der Waals surface area contributed by atoms with E-state index >= 15 is 0 Å². The van der Waals surface area contributed by atoms with Gasteiger partial charge >= 0.3 is 0 Å². The maximum absolute atomic E-state index is 12.6. The number of phenolic OH excluding ortho intramolecular Hbond substituents is 1. The number of carbonyl (C=O) groups excluding carboxylic acids is 1. The van der Waals surface area contributed by atoms with Gasteiger partial charge in [-0.25, -0.2) is 0 Å². The van der Waals surface area contributed by atoms with E-state index in [2.05, 4.69) is 0 Å². The molecule has 0 aliphatic carbocycles. The largest absolute Gasteiger partial charge is 0.506 e. The Labute approximate surface area is 124 Å². The highest BCUT2D eigenvalue weighted by molar-refractivity contribution is 6.03. The van der Waals surface area contributed by atoms with Crippen LogP contribution in [0, 0.1) is 5.92 Å². The van der Waals surface area contributed by atoms with Crippen molar-refractivity contribution in [2.24, 2.45) is 11.7 Å². The molecule has 1 saturated heterocycles. The summed E-state index contributed by atoms with van der Waals surface area (Å²) in [5.74, 6) is 0.507. The van der Waals surface area contributed by atoms with Crippen LogP contribution in [-0.2, 0) is 0 Å². The summed E-state index contributed by atoms with van der Waals surface area (Å²) in [4.78, 5) is 14.4. The Morgan fingerprint density at radius 2 is 1.90 bits per heavy atom. The summed E-state index contributed by atoms with van der Waals surface area (Å²) in [6.07, 6.45) is 1.88. The third kappa shape index (κ3) is 2.59. The van der Waals surface area contributed by atoms with Crippen molar-refractivity contribution in [3.8, 4) is 5.75 Å². The summed E-state index contributed by atoms with van der Waals surface area (Å²) in [6, 6.07) is 11.1. The predicted molar refractivity (Wildman–Crippen MR) is 83.3 cm³/mol. The van der Waals surface area contributed by atoms with Crippen LogP contribution in [0.3, 0.4) is 0 Å². The van der Waals surface area contributed by atoms with Gasteiger partial charge in [-0.1, -0.05) is 30.3 Å². The molecule has 0 unspecified atom stereocenters. The number of aromatic hydroxyl groups is 1. The molecule has 2 aromatic rings. The monoisotopic (exact) mass is 284 g/mol. The molecule has 2 aromatic carbocycles. The zero-order chi connectivity index (χ0) is 14.8. The number of phenols is 1. The highest BCUT2D eigenvalue weighted by Crippen LogP contribution is 2.30. The summed E-state index contributed by atoms with van der Waals surface area (Å²) in [5.41, 5.74) is 6.07. The van der Waals surface area contributed by atoms with Crippen LogP contribution in [0.2, 0.25) is 0 Å². The van der Waals surface area contributed by atoms with Gasteiger partial charge in [0.25, 0.3) is 5.91 Å². The molecule has 1 heterocycles. The van der Waals surface area contributed by atoms with E-state index in [0.29, 0.717) is 31.1 Å². The van der Waals surface area contributed by atoms with Crippen molar-refractivity contribution in [2.75, 3.05) is 19.6 Å². The number of piperidine rings is 1. The lowest BCUT2D eigenvalue weighted by Gasteiger charge is -2.31. The van der Waals surface area contributed by atoms with E-state index in [1.165, 1.54) is 0 Å². The zero-order valence-corrected chi connectivity index (χ0v) is 12.0. The zero-order valence-electron chi connectivity index (χ0n) is 12.0. The number of hydrogen-bond donors (Lipinski definition) is 2. The lowest BCUT2D eigenvalue weighted by atomic mass is 9.96. The number of hydrogen-bond acceptors (Lipinski definition) is 3. The second kappa shape index (κ2) is 5.74. The fourth-order valence-corrected chi connectivity index (χ4v) is 2.97. The summed E-state index contributed by atoms with van der Waals surface area (Å²) in [5, 5.41) is 12.0. The number of nitrogens with two attached hydrogens (primary N) is 1. The summed E-state index contributed by atoms with van der Waals surface area (Å²) >= 11 is 0. The van der Waals surface area contributed by atoms with E-state index in [1.54, 1.807) is 6.07 Å². The van der Waals surface area contributed by atoms with Gasteiger partial charge < -0.3 is 15.7 Å². The van der Waals surface area contributed by atoms with Gasteiger partial charge in [-0.3, -0.25) is 4.79 Å². The number of amides is 1. The highest BCUT2D eigenvalue weighted by atomic mass is 16.3. The molecule has 0 radical (unpaired) electrons. The molecule has 0 aromatic heterocycles. The molecular formula is C17H20N2O2. The first-order chi connectivity index (χ1) is 10.2. The van der Waals surface area contributed by atoms with Crippen LogP contribution < -0.4 is 5.73 Å². The maximum Gasteiger partial charge on any atom is 0.257 e. The molecule has 3 rings (SSSR count). The lowest BCUT2D eigenvalue weighted by molar-refractivity contribution is 0.0690. The van der Waals surface area contributed by atoms with Crippen molar-refractivity contribution in [1.82, 2.24) is 4.90 Å². The standard InChI is InChI=1S/C17H20N2O2/c18-11-12-7-9-19(10-8-12)17(21)15-6-5-13-3-1-2-4-14(13)16(15)20/h1-6,12,20H,7-11,18H2. The second-order valence-corrected chi connectivity index (χ2v) is 5.65. The lowest BCUT2D eigenvalue weighted by Crippen LogP contribution is -2.40. The predicted octanol–water partition coefficient (Wildman–Crippen LogP) is 2.36. The number of nitrogens with zero attached hydrogens (tertiary/aromatic N) is 1. The minimum Gasteiger partial charge on any atom is -0.506 e. The van der Waals surface area contributed by atoms with E-state index < -0.39 is 0 Å². The number of likely N-dealkylation sites (tertiary alicyclic amines) is 1. The number of carbonyl (C=O) groups is 1. The Bertz CT molecular complexity index is 661. The molecule has 21 heavy (non-hydrogen) atoms. The van der Waals surface area contributed by atoms with E-state index in [-0.39, 0.29) is 11.7 Å². The van der Waals surface area contributed by atoms with Gasteiger partial charge in [0.2, 0.25) is 0 Å². The van der Waals surface area contributed by atoms with Crippen molar-refractivity contribution in [2.45, 2.75) is 12.8 Å². The van der Waals surface area contributed by atoms with Crippen molar-refractivity contribution < 1.29 is 9.90 Å². The SMILES string of the molecule is NCC1CCN(C(=O)c2ccc3ccccc3c2O)CC1. The van der Waals surface area contributed by atoms with E-state index in [0.717, 1.165) is 23.6 Å². The molecule has 1 amide bonds. The van der Waals surface area contributed by atoms with Gasteiger partial charge in [0.15, 0.2) is 0 Å². The van der Waals surface area contributed by atoms with Crippen LogP contribution in [0.25, 0.3) is 10.8 Å². The minimum absolute atomic E-state index is 0.0825. The summed E-state index contributed by atoms with van der Waals surface area (Å²) < 4.78 is 0. The Morgan fingerprint density at radius 1 is 1.19 bits per heavy atom. The minimum atomic E-state index is -0.0891. The van der Waals surface area contributed by atoms with Gasteiger partial charge in [0.05, 0.1) is 5.56 Å². The Morgan fingerprint density at radius 3 is 2.62 bits per heavy atom. The molecule has 110 valence electrons. The average Bonchev–Trinajstić information content (AvgIpc) is 2.55. The van der Waals surface area contributed by atoms with E-state index in [9.17, 15) is 9.90 Å². The quantitative estimate of drug-likeness (QED) is 0.889. The topological polar surface area (TPSA) is 66.6 Å². The molecule has 1 fully saturated rings. The Kier molecular flexibility index (Phi) is 3.80. The molecule has 0 spiro atoms. The second-order valence-electron chi connectivity index (χ2n) is 5.65. The summed E-state index contributed by atoms with van der Waals surface area (Å²) in [6.45, 7) is 2.11. The fraction of sp³-hybridized carbons (Fsp3) is 0.353. The molecule has 1 aliphatic heterocycles. The van der Waals surface area contributed by atoms with Crippen molar-refractivity contribution in [3.05, 3.63) is 42.0 Å². The smallest absolute Gasteiger partial charge is 0.257 e. The normalized spacial score (nSPS) is 16.3. The molecular weight excluding hydrogens is 264 g/mol. The average molecular weight is 284 g/mol. The third-order valence-corrected chi connectivity index (χ3v) is 4.37. The van der Waals surface area contributed by atoms with Gasteiger partial charge in [0.1, 0.15) is 5.75 Å². The molecule has 0 atom stereocenters. The highest BCUT2D eigenvalue weighted by Gasteiger charge is 2.25. The molecule has 1 aliphatic rings. The van der Waals surface area contributed by atoms with Crippen LogP contribution >= 0.6 is 0 Å². The molecule has 3 N–H and O–H groups in total. The maximum atomic E-state index is 12.6. The first kappa shape index (κ1) is 13.9. The van der Waals surface area contributed by atoms with Crippen molar-refractivity contribution >= 4 is 16.7 Å². The van der Waals surface area contributed by atoms with Gasteiger partial charge in [-0.2, -0.15) is 0 Å². The van der Waals surface area contributed by atoms with E-state index in [1.807, 2.05) is 35.2 Å². The number of benzene rings is 2. The Hall–Kier alpha value is -2.07. The van der Waals surface area contributed by atoms with Gasteiger partial charge in [0, 0.05) is 18.5 Å². The van der Waals surface area contributed by atoms with Crippen molar-refractivity contribution in [3.63, 3.8) is 0 Å². The van der Waals surface area contributed by atoms with Gasteiger partial charge in [-0.15, -0.1) is 0 Å². The fourth-order valence-electron chi connectivity index (χ4n) is 2.97. The van der Waals surface area contributed by atoms with Crippen LogP contribution in [-0.4, -0.2) is 35.5 Å². The summed E-state index contributed by atoms with van der Waals surface area (Å²) in [7, 11) is 0. The van der Waals surface area contributed by atoms with Crippen molar-refractivity contribution in [1.29, 1.82) is 0 Å². The van der Waals surface area contributed by atoms with Crippen LogP contribution in [0.15, 0.2) is 36.4 Å². The van der Waals surface area contributed by atoms with Crippen LogP contribution in [0.1, 0.15) is 23.2 Å². The Balaban J connectivity index is 1.87.